The SMILES string of the molecule is COc1cc([C@@H]2OC(c3cccc(Cl)c3)=NN2C(C)=O)cc(OC)c1OC. The number of carbonyl (C=O) groups excluding carboxylic acids is 1. The lowest BCUT2D eigenvalue weighted by Gasteiger charge is -2.21. The first-order valence-electron chi connectivity index (χ1n) is 8.09. The van der Waals surface area contributed by atoms with Crippen LogP contribution >= 0.6 is 11.6 Å². The molecule has 0 aromatic heterocycles. The molecular weight excluding hydrogens is 372 g/mol. The molecule has 8 heteroatoms. The van der Waals surface area contributed by atoms with Gasteiger partial charge in [-0.3, -0.25) is 4.79 Å². The van der Waals surface area contributed by atoms with Gasteiger partial charge < -0.3 is 18.9 Å². The van der Waals surface area contributed by atoms with E-state index in [0.29, 0.717) is 39.3 Å². The molecule has 0 radical (unpaired) electrons. The number of nitrogens with zero attached hydrogens (tertiary/aromatic N) is 2. The summed E-state index contributed by atoms with van der Waals surface area (Å²) in [6.45, 7) is 1.42. The zero-order valence-electron chi connectivity index (χ0n) is 15.4. The summed E-state index contributed by atoms with van der Waals surface area (Å²) >= 11 is 6.05. The first kappa shape index (κ1) is 18.8. The van der Waals surface area contributed by atoms with Crippen molar-refractivity contribution in [3.8, 4) is 17.2 Å². The fourth-order valence-electron chi connectivity index (χ4n) is 2.77. The van der Waals surface area contributed by atoms with Crippen LogP contribution in [0.3, 0.4) is 0 Å². The van der Waals surface area contributed by atoms with Crippen LogP contribution in [-0.2, 0) is 9.53 Å². The highest BCUT2D eigenvalue weighted by Crippen LogP contribution is 2.42. The van der Waals surface area contributed by atoms with Gasteiger partial charge >= 0.3 is 0 Å². The maximum atomic E-state index is 12.1. The van der Waals surface area contributed by atoms with Gasteiger partial charge in [-0.25, -0.2) is 0 Å². The summed E-state index contributed by atoms with van der Waals surface area (Å²) in [5, 5.41) is 6.12. The summed E-state index contributed by atoms with van der Waals surface area (Å²) in [7, 11) is 4.56. The van der Waals surface area contributed by atoms with Gasteiger partial charge in [0.25, 0.3) is 0 Å². The van der Waals surface area contributed by atoms with Crippen molar-refractivity contribution < 1.29 is 23.7 Å². The third-order valence-electron chi connectivity index (χ3n) is 4.01. The number of ether oxygens (including phenoxy) is 4. The normalized spacial score (nSPS) is 15.8. The standard InChI is InChI=1S/C19H19ClN2O5/c1-11(23)22-19(27-18(21-22)12-6-5-7-14(20)8-12)13-9-15(24-2)17(26-4)16(10-13)25-3/h5-10,19H,1-4H3/t19-/m0/s1. The Morgan fingerprint density at radius 3 is 2.30 bits per heavy atom. The predicted molar refractivity (Wildman–Crippen MR) is 100 cm³/mol. The first-order valence-corrected chi connectivity index (χ1v) is 8.47. The van der Waals surface area contributed by atoms with E-state index in [2.05, 4.69) is 5.10 Å². The third-order valence-corrected chi connectivity index (χ3v) is 4.25. The highest BCUT2D eigenvalue weighted by Gasteiger charge is 2.34. The molecule has 0 saturated heterocycles. The van der Waals surface area contributed by atoms with Gasteiger partial charge in [-0.05, 0) is 30.3 Å². The monoisotopic (exact) mass is 390 g/mol. The van der Waals surface area contributed by atoms with Gasteiger partial charge in [0.15, 0.2) is 11.5 Å². The number of hydrogen-bond donors (Lipinski definition) is 0. The molecule has 2 aromatic carbocycles. The smallest absolute Gasteiger partial charge is 0.243 e. The van der Waals surface area contributed by atoms with E-state index >= 15 is 0 Å². The molecule has 0 N–H and O–H groups in total. The molecule has 0 aliphatic carbocycles. The van der Waals surface area contributed by atoms with Crippen molar-refractivity contribution in [3.63, 3.8) is 0 Å². The Morgan fingerprint density at radius 2 is 1.78 bits per heavy atom. The highest BCUT2D eigenvalue weighted by molar-refractivity contribution is 6.31. The van der Waals surface area contributed by atoms with Gasteiger partial charge in [-0.1, -0.05) is 17.7 Å². The van der Waals surface area contributed by atoms with Crippen molar-refractivity contribution in [2.45, 2.75) is 13.2 Å². The van der Waals surface area contributed by atoms with E-state index in [0.717, 1.165) is 0 Å². The number of hydrogen-bond acceptors (Lipinski definition) is 6. The highest BCUT2D eigenvalue weighted by atomic mass is 35.5. The van der Waals surface area contributed by atoms with Crippen LogP contribution in [0.15, 0.2) is 41.5 Å². The maximum absolute atomic E-state index is 12.1. The molecule has 1 aliphatic rings. The molecule has 2 aromatic rings. The Labute approximate surface area is 162 Å². The molecule has 0 spiro atoms. The van der Waals surface area contributed by atoms with Crippen molar-refractivity contribution in [1.29, 1.82) is 0 Å². The molecule has 0 saturated carbocycles. The number of hydrazone groups is 1. The van der Waals surface area contributed by atoms with Crippen molar-refractivity contribution in [3.05, 3.63) is 52.5 Å². The maximum Gasteiger partial charge on any atom is 0.243 e. The molecule has 0 fully saturated rings. The minimum atomic E-state index is -0.773. The number of benzene rings is 2. The lowest BCUT2D eigenvalue weighted by atomic mass is 10.1. The minimum absolute atomic E-state index is 0.272. The lowest BCUT2D eigenvalue weighted by molar-refractivity contribution is -0.135. The Bertz CT molecular complexity index is 874. The average molecular weight is 391 g/mol. The second kappa shape index (κ2) is 7.75. The Balaban J connectivity index is 2.03. The minimum Gasteiger partial charge on any atom is -0.493 e. The van der Waals surface area contributed by atoms with Crippen molar-refractivity contribution in [2.75, 3.05) is 21.3 Å². The molecule has 142 valence electrons. The Hall–Kier alpha value is -2.93. The summed E-state index contributed by atoms with van der Waals surface area (Å²) in [5.74, 6) is 1.38. The van der Waals surface area contributed by atoms with Gasteiger partial charge in [0.1, 0.15) is 0 Å². The fourth-order valence-corrected chi connectivity index (χ4v) is 2.96. The van der Waals surface area contributed by atoms with Crippen LogP contribution in [0.2, 0.25) is 5.02 Å². The van der Waals surface area contributed by atoms with Gasteiger partial charge in [-0.15, -0.1) is 5.10 Å². The van der Waals surface area contributed by atoms with Gasteiger partial charge in [0, 0.05) is 23.1 Å². The van der Waals surface area contributed by atoms with Crippen LogP contribution in [0.4, 0.5) is 0 Å². The second-order valence-electron chi connectivity index (χ2n) is 5.71. The molecular formula is C19H19ClN2O5. The molecule has 0 bridgehead atoms. The molecule has 7 nitrogen and oxygen atoms in total. The van der Waals surface area contributed by atoms with Crippen molar-refractivity contribution in [2.24, 2.45) is 5.10 Å². The predicted octanol–water partition coefficient (Wildman–Crippen LogP) is 3.60. The van der Waals surface area contributed by atoms with E-state index < -0.39 is 6.23 Å². The summed E-state index contributed by atoms with van der Waals surface area (Å²) in [6.07, 6.45) is -0.773. The van der Waals surface area contributed by atoms with E-state index in [1.54, 1.807) is 36.4 Å². The van der Waals surface area contributed by atoms with Crippen molar-refractivity contribution >= 4 is 23.4 Å². The van der Waals surface area contributed by atoms with Crippen LogP contribution < -0.4 is 14.2 Å². The van der Waals surface area contributed by atoms with E-state index in [-0.39, 0.29) is 5.91 Å². The molecule has 1 amide bonds. The van der Waals surface area contributed by atoms with E-state index in [4.69, 9.17) is 30.5 Å². The van der Waals surface area contributed by atoms with Crippen LogP contribution in [0.5, 0.6) is 17.2 Å². The zero-order chi connectivity index (χ0) is 19.6. The number of amides is 1. The van der Waals surface area contributed by atoms with Crippen molar-refractivity contribution in [1.82, 2.24) is 5.01 Å². The number of rotatable bonds is 5. The lowest BCUT2D eigenvalue weighted by Crippen LogP contribution is -2.25. The quantitative estimate of drug-likeness (QED) is 0.780. The number of carbonyl (C=O) groups is 1. The average Bonchev–Trinajstić information content (AvgIpc) is 3.12. The third kappa shape index (κ3) is 3.64. The molecule has 1 atom stereocenters. The van der Waals surface area contributed by atoms with E-state index in [1.165, 1.54) is 33.3 Å². The van der Waals surface area contributed by atoms with Gasteiger partial charge in [0.05, 0.1) is 21.3 Å². The molecule has 1 aliphatic heterocycles. The number of methoxy groups -OCH3 is 3. The topological polar surface area (TPSA) is 69.6 Å². The van der Waals surface area contributed by atoms with E-state index in [1.807, 2.05) is 0 Å². The summed E-state index contributed by atoms with van der Waals surface area (Å²) in [6, 6.07) is 10.5. The molecule has 0 unspecified atom stereocenters. The van der Waals surface area contributed by atoms with Crippen LogP contribution in [0.25, 0.3) is 0 Å². The van der Waals surface area contributed by atoms with E-state index in [9.17, 15) is 4.79 Å². The summed E-state index contributed by atoms with van der Waals surface area (Å²) in [5.41, 5.74) is 1.30. The summed E-state index contributed by atoms with van der Waals surface area (Å²) < 4.78 is 22.1. The fraction of sp³-hybridized carbons (Fsp3) is 0.263. The van der Waals surface area contributed by atoms with Crippen LogP contribution in [0.1, 0.15) is 24.3 Å². The van der Waals surface area contributed by atoms with Crippen LogP contribution in [-0.4, -0.2) is 38.1 Å². The largest absolute Gasteiger partial charge is 0.493 e. The Morgan fingerprint density at radius 1 is 1.11 bits per heavy atom. The zero-order valence-corrected chi connectivity index (χ0v) is 16.1. The van der Waals surface area contributed by atoms with Crippen LogP contribution in [0, 0.1) is 0 Å². The Kier molecular flexibility index (Phi) is 5.41. The second-order valence-corrected chi connectivity index (χ2v) is 6.14. The number of halogens is 1. The molecule has 1 heterocycles. The van der Waals surface area contributed by atoms with Gasteiger partial charge in [-0.2, -0.15) is 5.01 Å². The summed E-state index contributed by atoms with van der Waals surface area (Å²) in [4.78, 5) is 12.1. The molecule has 3 rings (SSSR count). The van der Waals surface area contributed by atoms with Gasteiger partial charge in [0.2, 0.25) is 23.8 Å². The molecule has 27 heavy (non-hydrogen) atoms. The first-order chi connectivity index (χ1) is 13.0.